The van der Waals surface area contributed by atoms with E-state index in [0.29, 0.717) is 0 Å². The Labute approximate surface area is 99.2 Å². The van der Waals surface area contributed by atoms with Crippen LogP contribution in [0.25, 0.3) is 0 Å². The molecule has 74 valence electrons. The van der Waals surface area contributed by atoms with Crippen molar-refractivity contribution >= 4 is 59.9 Å². The fraction of sp³-hybridized carbons (Fsp3) is 0. The van der Waals surface area contributed by atoms with E-state index in [2.05, 4.69) is 0 Å². The normalized spacial score (nSPS) is 9.83. The third-order valence-electron chi connectivity index (χ3n) is 0. The molecular formula is H11AlMgO8SSi. The van der Waals surface area contributed by atoms with Crippen LogP contribution in [0, 0.1) is 0 Å². The maximum Gasteiger partial charge on any atom is 2.00 e. The van der Waals surface area contributed by atoms with Crippen LogP contribution >= 0.6 is 0 Å². The Kier molecular flexibility index (Phi) is 17.0. The molecule has 0 radical (unpaired) electrons. The van der Waals surface area contributed by atoms with Crippen LogP contribution in [0.15, 0.2) is 0 Å². The van der Waals surface area contributed by atoms with Crippen LogP contribution in [0.3, 0.4) is 0 Å². The van der Waals surface area contributed by atoms with Gasteiger partial charge in [0.1, 0.15) is 0 Å². The van der Waals surface area contributed by atoms with Gasteiger partial charge >= 0.3 is 42.5 Å². The molecule has 0 aromatic rings. The van der Waals surface area contributed by atoms with E-state index in [-0.39, 0.29) is 43.3 Å². The topological polar surface area (TPSA) is 156 Å². The third-order valence-corrected chi connectivity index (χ3v) is 0. The summed E-state index contributed by atoms with van der Waals surface area (Å²) in [7, 11) is -9.28. The van der Waals surface area contributed by atoms with E-state index in [1.54, 1.807) is 0 Å². The number of hydrogen-bond acceptors (Lipinski definition) is 6. The van der Waals surface area contributed by atoms with Gasteiger partial charge in [-0.3, -0.25) is 9.11 Å². The average molecular weight is 251 g/mol. The van der Waals surface area contributed by atoms with Crippen LogP contribution in [-0.2, 0) is 10.4 Å². The van der Waals surface area contributed by atoms with Gasteiger partial charge in [0.25, 0.3) is 0 Å². The molecule has 12 heavy (non-hydrogen) atoms. The van der Waals surface area contributed by atoms with Crippen molar-refractivity contribution in [2.75, 3.05) is 0 Å². The standard InChI is InChI=1S/Al.Mg.H2O4S.H4O4Si.5H/c;;2*1-5(2,3)4;;;;;/h;;(H2,1,2,3,4);1-4H;;;;;/q;+2;;;;;;2*-1. The van der Waals surface area contributed by atoms with Crippen molar-refractivity contribution in [3.63, 3.8) is 0 Å². The molecule has 0 rings (SSSR count). The minimum atomic E-state index is -4.67. The minimum absolute atomic E-state index is 0. The molecule has 0 amide bonds. The van der Waals surface area contributed by atoms with E-state index in [9.17, 15) is 0 Å². The largest absolute Gasteiger partial charge is 2.00 e. The van der Waals surface area contributed by atoms with Crippen LogP contribution in [0.4, 0.5) is 0 Å². The Morgan fingerprint density at radius 1 is 1.00 bits per heavy atom. The first-order valence-corrected chi connectivity index (χ1v) is 4.78. The molecule has 8 nitrogen and oxygen atoms in total. The van der Waals surface area contributed by atoms with E-state index in [1.807, 2.05) is 0 Å². The summed E-state index contributed by atoms with van der Waals surface area (Å²) in [6.07, 6.45) is 0. The second-order valence-corrected chi connectivity index (χ2v) is 3.14. The van der Waals surface area contributed by atoms with Crippen molar-refractivity contribution in [1.29, 1.82) is 0 Å². The van der Waals surface area contributed by atoms with Crippen LogP contribution < -0.4 is 0 Å². The fourth-order valence-corrected chi connectivity index (χ4v) is 0. The van der Waals surface area contributed by atoms with E-state index >= 15 is 0 Å². The molecule has 0 aliphatic carbocycles. The third kappa shape index (κ3) is 781. The zero-order valence-electron chi connectivity index (χ0n) is 7.12. The van der Waals surface area contributed by atoms with Gasteiger partial charge in [0.15, 0.2) is 17.4 Å². The van der Waals surface area contributed by atoms with Gasteiger partial charge in [-0.15, -0.1) is 0 Å². The van der Waals surface area contributed by atoms with Gasteiger partial charge < -0.3 is 22.0 Å². The van der Waals surface area contributed by atoms with Gasteiger partial charge in [-0.05, 0) is 0 Å². The zero-order chi connectivity index (χ0) is 9.00. The van der Waals surface area contributed by atoms with E-state index in [0.717, 1.165) is 0 Å². The summed E-state index contributed by atoms with van der Waals surface area (Å²) in [5.74, 6) is 0. The fourth-order valence-electron chi connectivity index (χ4n) is 0. The molecular weight excluding hydrogens is 239 g/mol. The maximum atomic E-state index is 8.74. The summed E-state index contributed by atoms with van der Waals surface area (Å²) in [4.78, 5) is 29.3. The van der Waals surface area contributed by atoms with Crippen LogP contribution in [0.2, 0.25) is 0 Å². The Hall–Kier alpha value is 1.23. The second-order valence-electron chi connectivity index (χ2n) is 1.05. The van der Waals surface area contributed by atoms with E-state index in [4.69, 9.17) is 36.7 Å². The molecule has 0 spiro atoms. The van der Waals surface area contributed by atoms with Crippen LogP contribution in [0.5, 0.6) is 0 Å². The molecule has 6 N–H and O–H groups in total. The van der Waals surface area contributed by atoms with Gasteiger partial charge in [-0.1, -0.05) is 0 Å². The van der Waals surface area contributed by atoms with Crippen molar-refractivity contribution < 1.29 is 39.6 Å². The number of hydrogen-bond donors (Lipinski definition) is 6. The summed E-state index contributed by atoms with van der Waals surface area (Å²) < 4.78 is 31.6. The maximum absolute atomic E-state index is 8.74. The molecule has 0 aromatic carbocycles. The Morgan fingerprint density at radius 3 is 1.00 bits per heavy atom. The van der Waals surface area contributed by atoms with Gasteiger partial charge in [-0.25, -0.2) is 0 Å². The van der Waals surface area contributed by atoms with Gasteiger partial charge in [-0.2, -0.15) is 8.42 Å². The van der Waals surface area contributed by atoms with Gasteiger partial charge in [0, 0.05) is 0 Å². The van der Waals surface area contributed by atoms with Gasteiger partial charge in [0.05, 0.1) is 0 Å². The molecule has 0 aliphatic heterocycles. The first-order chi connectivity index (χ1) is 4.00. The Bertz CT molecular complexity index is 162. The zero-order valence-corrected chi connectivity index (χ0v) is 8.35. The molecule has 0 saturated heterocycles. The van der Waals surface area contributed by atoms with Crippen molar-refractivity contribution in [1.82, 2.24) is 0 Å². The average Bonchev–Trinajstić information content (AvgIpc) is 1.12. The predicted octanol–water partition coefficient (Wildman–Crippen LogP) is -4.60. The van der Waals surface area contributed by atoms with Crippen molar-refractivity contribution in [2.45, 2.75) is 0 Å². The van der Waals surface area contributed by atoms with Crippen molar-refractivity contribution in [2.24, 2.45) is 0 Å². The van der Waals surface area contributed by atoms with Crippen molar-refractivity contribution in [3.8, 4) is 0 Å². The monoisotopic (exact) mass is 250 g/mol. The minimum Gasteiger partial charge on any atom is -1.00 e. The second kappa shape index (κ2) is 8.81. The SMILES string of the molecule is O=S(=O)(O)O.O[Si](O)(O)O.[AlH3].[H-].[H-].[Mg+2]. The quantitative estimate of drug-likeness (QED) is 0.185. The van der Waals surface area contributed by atoms with Crippen LogP contribution in [-0.4, -0.2) is 86.2 Å². The molecule has 0 atom stereocenters. The summed E-state index contributed by atoms with van der Waals surface area (Å²) in [5.41, 5.74) is 0. The predicted molar refractivity (Wildman–Crippen MR) is 46.7 cm³/mol. The van der Waals surface area contributed by atoms with E-state index < -0.39 is 19.4 Å². The summed E-state index contributed by atoms with van der Waals surface area (Å²) in [6.45, 7) is 0. The molecule has 0 fully saturated rings. The first kappa shape index (κ1) is 23.2. The molecule has 12 heteroatoms. The smallest absolute Gasteiger partial charge is 1.00 e. The molecule has 0 bridgehead atoms. The number of rotatable bonds is 0. The molecule has 0 aromatic heterocycles. The van der Waals surface area contributed by atoms with E-state index in [1.165, 1.54) is 0 Å². The van der Waals surface area contributed by atoms with Crippen molar-refractivity contribution in [3.05, 3.63) is 0 Å². The molecule has 0 saturated carbocycles. The summed E-state index contributed by atoms with van der Waals surface area (Å²) in [6, 6.07) is 0. The summed E-state index contributed by atoms with van der Waals surface area (Å²) >= 11 is 0. The Balaban J connectivity index is -0.0000000178. The Morgan fingerprint density at radius 2 is 1.00 bits per heavy atom. The van der Waals surface area contributed by atoms with Crippen LogP contribution in [0.1, 0.15) is 2.85 Å². The first-order valence-electron chi connectivity index (χ1n) is 1.59. The molecule has 0 aliphatic rings. The summed E-state index contributed by atoms with van der Waals surface area (Å²) in [5, 5.41) is 0. The van der Waals surface area contributed by atoms with Gasteiger partial charge in [0.2, 0.25) is 0 Å². The molecule has 0 unspecified atom stereocenters. The molecule has 0 heterocycles.